The van der Waals surface area contributed by atoms with Gasteiger partial charge >= 0.3 is 11.9 Å². The molecular formula is C20H26F4O4. The van der Waals surface area contributed by atoms with Crippen molar-refractivity contribution < 1.29 is 36.6 Å². The molecule has 0 N–H and O–H groups in total. The molecule has 0 radical (unpaired) electrons. The summed E-state index contributed by atoms with van der Waals surface area (Å²) in [4.78, 5) is 23.1. The lowest BCUT2D eigenvalue weighted by atomic mass is 10.1. The summed E-state index contributed by atoms with van der Waals surface area (Å²) < 4.78 is 62.2. The Morgan fingerprint density at radius 2 is 1.39 bits per heavy atom. The van der Waals surface area contributed by atoms with Crippen LogP contribution in [-0.4, -0.2) is 18.5 Å². The SMILES string of the molecule is CCCCCCCCOC(=O)CCCC(=O)OCc1cc(F)c(F)c(F)c1F. The molecule has 0 saturated carbocycles. The molecule has 0 amide bonds. The fraction of sp³-hybridized carbons (Fsp3) is 0.600. The first-order valence-electron chi connectivity index (χ1n) is 9.49. The van der Waals surface area contributed by atoms with Crippen LogP contribution in [0.25, 0.3) is 0 Å². The Kier molecular flexibility index (Phi) is 11.2. The van der Waals surface area contributed by atoms with Crippen LogP contribution in [0.5, 0.6) is 0 Å². The fourth-order valence-corrected chi connectivity index (χ4v) is 2.47. The maximum atomic E-state index is 13.5. The van der Waals surface area contributed by atoms with E-state index in [1.807, 2.05) is 0 Å². The Hall–Kier alpha value is -2.12. The summed E-state index contributed by atoms with van der Waals surface area (Å²) in [6.07, 6.45) is 6.52. The number of carbonyl (C=O) groups excluding carboxylic acids is 2. The minimum absolute atomic E-state index is 0.0269. The van der Waals surface area contributed by atoms with Crippen molar-refractivity contribution in [1.29, 1.82) is 0 Å². The first kappa shape index (κ1) is 23.9. The molecule has 0 fully saturated rings. The van der Waals surface area contributed by atoms with E-state index in [2.05, 4.69) is 6.92 Å². The standard InChI is InChI=1S/C20H26F4O4/c1-2-3-4-5-6-7-11-27-16(25)9-8-10-17(26)28-13-14-12-15(21)19(23)20(24)18(14)22/h12H,2-11,13H2,1H3. The van der Waals surface area contributed by atoms with Crippen LogP contribution in [0.15, 0.2) is 6.07 Å². The van der Waals surface area contributed by atoms with Gasteiger partial charge in [0, 0.05) is 18.4 Å². The topological polar surface area (TPSA) is 52.6 Å². The molecule has 4 nitrogen and oxygen atoms in total. The molecule has 8 heteroatoms. The fourth-order valence-electron chi connectivity index (χ4n) is 2.47. The first-order chi connectivity index (χ1) is 13.4. The van der Waals surface area contributed by atoms with E-state index in [1.165, 1.54) is 19.3 Å². The van der Waals surface area contributed by atoms with Crippen LogP contribution >= 0.6 is 0 Å². The van der Waals surface area contributed by atoms with Gasteiger partial charge in [-0.1, -0.05) is 39.0 Å². The van der Waals surface area contributed by atoms with Crippen molar-refractivity contribution in [3.8, 4) is 0 Å². The third-order valence-electron chi connectivity index (χ3n) is 4.09. The van der Waals surface area contributed by atoms with Gasteiger partial charge in [-0.3, -0.25) is 9.59 Å². The quantitative estimate of drug-likeness (QED) is 0.145. The Bertz CT molecular complexity index is 650. The highest BCUT2D eigenvalue weighted by atomic mass is 19.2. The van der Waals surface area contributed by atoms with Crippen molar-refractivity contribution in [2.24, 2.45) is 0 Å². The van der Waals surface area contributed by atoms with Crippen molar-refractivity contribution in [3.05, 3.63) is 34.9 Å². The molecule has 28 heavy (non-hydrogen) atoms. The maximum Gasteiger partial charge on any atom is 0.306 e. The summed E-state index contributed by atoms with van der Waals surface area (Å²) in [6.45, 7) is 1.75. The Morgan fingerprint density at radius 3 is 2.07 bits per heavy atom. The van der Waals surface area contributed by atoms with E-state index in [9.17, 15) is 27.2 Å². The van der Waals surface area contributed by atoms with Crippen molar-refractivity contribution >= 4 is 11.9 Å². The van der Waals surface area contributed by atoms with Crippen LogP contribution in [0.1, 0.15) is 70.3 Å². The summed E-state index contributed by atoms with van der Waals surface area (Å²) in [5.74, 6) is -8.25. The number of hydrogen-bond acceptors (Lipinski definition) is 4. The molecule has 1 aromatic rings. The highest BCUT2D eigenvalue weighted by Gasteiger charge is 2.19. The van der Waals surface area contributed by atoms with E-state index in [0.29, 0.717) is 12.7 Å². The average molecular weight is 406 g/mol. The summed E-state index contributed by atoms with van der Waals surface area (Å²) >= 11 is 0. The van der Waals surface area contributed by atoms with Crippen LogP contribution in [0.2, 0.25) is 0 Å². The third kappa shape index (κ3) is 8.71. The van der Waals surface area contributed by atoms with Gasteiger partial charge in [-0.05, 0) is 18.9 Å². The molecule has 158 valence electrons. The number of esters is 2. The van der Waals surface area contributed by atoms with E-state index in [0.717, 1.165) is 19.3 Å². The lowest BCUT2D eigenvalue weighted by Crippen LogP contribution is -2.10. The van der Waals surface area contributed by atoms with Crippen LogP contribution in [0, 0.1) is 23.3 Å². The van der Waals surface area contributed by atoms with Crippen LogP contribution < -0.4 is 0 Å². The number of halogens is 4. The van der Waals surface area contributed by atoms with Crippen LogP contribution in [0.3, 0.4) is 0 Å². The normalized spacial score (nSPS) is 10.8. The average Bonchev–Trinajstić information content (AvgIpc) is 2.67. The highest BCUT2D eigenvalue weighted by Crippen LogP contribution is 2.19. The van der Waals surface area contributed by atoms with Crippen molar-refractivity contribution in [2.75, 3.05) is 6.61 Å². The van der Waals surface area contributed by atoms with Crippen molar-refractivity contribution in [3.63, 3.8) is 0 Å². The second-order valence-corrected chi connectivity index (χ2v) is 6.46. The molecule has 0 spiro atoms. The van der Waals surface area contributed by atoms with Crippen LogP contribution in [-0.2, 0) is 25.7 Å². The van der Waals surface area contributed by atoms with Gasteiger partial charge in [-0.2, -0.15) is 0 Å². The Morgan fingerprint density at radius 1 is 0.786 bits per heavy atom. The summed E-state index contributed by atoms with van der Waals surface area (Å²) in [5, 5.41) is 0. The predicted molar refractivity (Wildman–Crippen MR) is 94.3 cm³/mol. The molecular weight excluding hydrogens is 380 g/mol. The third-order valence-corrected chi connectivity index (χ3v) is 4.09. The second kappa shape index (κ2) is 13.1. The van der Waals surface area contributed by atoms with Gasteiger partial charge in [0.2, 0.25) is 0 Å². The van der Waals surface area contributed by atoms with Gasteiger partial charge < -0.3 is 9.47 Å². The van der Waals surface area contributed by atoms with E-state index in [1.54, 1.807) is 0 Å². The molecule has 0 aliphatic heterocycles. The Labute approximate surface area is 162 Å². The monoisotopic (exact) mass is 406 g/mol. The molecule has 0 unspecified atom stereocenters. The lowest BCUT2D eigenvalue weighted by molar-refractivity contribution is -0.146. The van der Waals surface area contributed by atoms with Gasteiger partial charge in [0.05, 0.1) is 6.61 Å². The molecule has 0 saturated heterocycles. The molecule has 1 rings (SSSR count). The second-order valence-electron chi connectivity index (χ2n) is 6.46. The molecule has 0 aliphatic rings. The number of ether oxygens (including phenoxy) is 2. The zero-order chi connectivity index (χ0) is 20.9. The van der Waals surface area contributed by atoms with Gasteiger partial charge in [-0.25, -0.2) is 17.6 Å². The van der Waals surface area contributed by atoms with Gasteiger partial charge in [-0.15, -0.1) is 0 Å². The van der Waals surface area contributed by atoms with E-state index < -0.39 is 47.4 Å². The molecule has 0 aliphatic carbocycles. The van der Waals surface area contributed by atoms with Gasteiger partial charge in [0.1, 0.15) is 6.61 Å². The number of rotatable bonds is 13. The zero-order valence-corrected chi connectivity index (χ0v) is 16.0. The van der Waals surface area contributed by atoms with Crippen molar-refractivity contribution in [2.45, 2.75) is 71.3 Å². The molecule has 0 bridgehead atoms. The molecule has 0 atom stereocenters. The molecule has 1 aromatic carbocycles. The summed E-state index contributed by atoms with van der Waals surface area (Å²) in [6, 6.07) is 0.431. The number of hydrogen-bond donors (Lipinski definition) is 0. The lowest BCUT2D eigenvalue weighted by Gasteiger charge is -2.08. The van der Waals surface area contributed by atoms with Gasteiger partial charge in [0.15, 0.2) is 23.3 Å². The highest BCUT2D eigenvalue weighted by molar-refractivity contribution is 5.72. The number of unbranched alkanes of at least 4 members (excludes halogenated alkanes) is 5. The minimum atomic E-state index is -1.96. The summed E-state index contributed by atoms with van der Waals surface area (Å²) in [5.41, 5.74) is -0.608. The maximum absolute atomic E-state index is 13.5. The van der Waals surface area contributed by atoms with E-state index in [-0.39, 0.29) is 19.3 Å². The van der Waals surface area contributed by atoms with E-state index in [4.69, 9.17) is 9.47 Å². The zero-order valence-electron chi connectivity index (χ0n) is 16.0. The molecule has 0 aromatic heterocycles. The first-order valence-corrected chi connectivity index (χ1v) is 9.49. The number of carbonyl (C=O) groups is 2. The molecule has 0 heterocycles. The smallest absolute Gasteiger partial charge is 0.306 e. The predicted octanol–water partition coefficient (Wildman–Crippen LogP) is 5.36. The number of benzene rings is 1. The summed E-state index contributed by atoms with van der Waals surface area (Å²) in [7, 11) is 0. The van der Waals surface area contributed by atoms with Gasteiger partial charge in [0.25, 0.3) is 0 Å². The largest absolute Gasteiger partial charge is 0.466 e. The Balaban J connectivity index is 2.18. The van der Waals surface area contributed by atoms with Crippen LogP contribution in [0.4, 0.5) is 17.6 Å². The minimum Gasteiger partial charge on any atom is -0.466 e. The van der Waals surface area contributed by atoms with Crippen molar-refractivity contribution in [1.82, 2.24) is 0 Å². The van der Waals surface area contributed by atoms with E-state index >= 15 is 0 Å².